The van der Waals surface area contributed by atoms with Gasteiger partial charge < -0.3 is 15.4 Å². The number of nitrogens with one attached hydrogen (secondary N) is 1. The average Bonchev–Trinajstić information content (AvgIpc) is 2.49. The van der Waals surface area contributed by atoms with Crippen LogP contribution in [0.25, 0.3) is 11.2 Å². The van der Waals surface area contributed by atoms with E-state index in [9.17, 15) is 4.79 Å². The van der Waals surface area contributed by atoms with Crippen LogP contribution in [0.4, 0.5) is 5.95 Å². The zero-order valence-electron chi connectivity index (χ0n) is 7.27. The van der Waals surface area contributed by atoms with Crippen LogP contribution in [0.15, 0.2) is 11.1 Å². The van der Waals surface area contributed by atoms with E-state index in [1.54, 1.807) is 0 Å². The van der Waals surface area contributed by atoms with E-state index < -0.39 is 0 Å². The van der Waals surface area contributed by atoms with E-state index in [4.69, 9.17) is 10.8 Å². The van der Waals surface area contributed by atoms with Gasteiger partial charge in [0.1, 0.15) is 0 Å². The number of aromatic amines is 1. The highest BCUT2D eigenvalue weighted by molar-refractivity contribution is 5.70. The summed E-state index contributed by atoms with van der Waals surface area (Å²) in [5.41, 5.74) is 5.61. The maximum atomic E-state index is 11.4. The lowest BCUT2D eigenvalue weighted by molar-refractivity contribution is 0.277. The molecule has 2 heterocycles. The van der Waals surface area contributed by atoms with Crippen molar-refractivity contribution in [3.63, 3.8) is 0 Å². The summed E-state index contributed by atoms with van der Waals surface area (Å²) in [6.45, 7) is 0.250. The predicted molar refractivity (Wildman–Crippen MR) is 49.6 cm³/mol. The van der Waals surface area contributed by atoms with Gasteiger partial charge in [-0.05, 0) is 0 Å². The van der Waals surface area contributed by atoms with Crippen molar-refractivity contribution in [3.05, 3.63) is 16.7 Å². The monoisotopic (exact) mass is 199 g/mol. The molecule has 0 radical (unpaired) electrons. The molecular weight excluding hydrogens is 190 g/mol. The molecule has 4 N–H and O–H groups in total. The minimum atomic E-state index is -0.349. The first kappa shape index (κ1) is 8.70. The first-order valence-electron chi connectivity index (χ1n) is 4.04. The Hall–Kier alpha value is -1.89. The Balaban J connectivity index is 2.73. The summed E-state index contributed by atoms with van der Waals surface area (Å²) < 4.78 is 1.53. The van der Waals surface area contributed by atoms with Crippen LogP contribution < -0.4 is 11.3 Å². The van der Waals surface area contributed by atoms with Crippen LogP contribution in [0.5, 0.6) is 0 Å². The Bertz CT molecular complexity index is 514. The molecule has 14 heavy (non-hydrogen) atoms. The van der Waals surface area contributed by atoms with Crippen LogP contribution >= 0.6 is 0 Å². The Kier molecular flexibility index (Phi) is 1.93. The topological polar surface area (TPSA) is 110 Å². The normalized spacial score (nSPS) is 10.9. The number of fused-ring (bicyclic) bond motifs is 1. The number of hydrogen-bond acceptors (Lipinski definition) is 5. The summed E-state index contributed by atoms with van der Waals surface area (Å²) >= 11 is 0. The van der Waals surface area contributed by atoms with Gasteiger partial charge in [0.15, 0.2) is 11.2 Å². The lowest BCUT2D eigenvalue weighted by Gasteiger charge is -1.98. The van der Waals surface area contributed by atoms with Crippen LogP contribution in [0.1, 0.15) is 0 Å². The fourth-order valence-electron chi connectivity index (χ4n) is 1.28. The molecular formula is C7H9N5O2. The number of nitrogen functional groups attached to an aromatic ring is 1. The number of hydrogen-bond donors (Lipinski definition) is 3. The Labute approximate surface area is 78.2 Å². The van der Waals surface area contributed by atoms with Crippen LogP contribution in [0.3, 0.4) is 0 Å². The maximum absolute atomic E-state index is 11.4. The molecule has 2 aromatic rings. The summed E-state index contributed by atoms with van der Waals surface area (Å²) in [4.78, 5) is 21.6. The molecule has 0 atom stereocenters. The van der Waals surface area contributed by atoms with Crippen molar-refractivity contribution in [2.75, 3.05) is 12.3 Å². The summed E-state index contributed by atoms with van der Waals surface area (Å²) in [6.07, 6.45) is 1.45. The van der Waals surface area contributed by atoms with Gasteiger partial charge in [0, 0.05) is 6.54 Å². The number of aromatic nitrogens is 4. The van der Waals surface area contributed by atoms with Gasteiger partial charge in [0.2, 0.25) is 5.95 Å². The lowest BCUT2D eigenvalue weighted by atomic mass is 10.7. The Morgan fingerprint density at radius 1 is 1.64 bits per heavy atom. The number of aliphatic hydroxyl groups is 1. The van der Waals surface area contributed by atoms with Gasteiger partial charge in [-0.1, -0.05) is 0 Å². The second-order valence-corrected chi connectivity index (χ2v) is 2.78. The van der Waals surface area contributed by atoms with Crippen molar-refractivity contribution in [1.82, 2.24) is 19.5 Å². The lowest BCUT2D eigenvalue weighted by Crippen LogP contribution is -2.15. The van der Waals surface area contributed by atoms with E-state index in [0.29, 0.717) is 17.7 Å². The molecule has 0 saturated carbocycles. The minimum Gasteiger partial charge on any atom is -0.395 e. The molecule has 0 aliphatic carbocycles. The van der Waals surface area contributed by atoms with Gasteiger partial charge in [0.05, 0.1) is 12.9 Å². The first-order valence-corrected chi connectivity index (χ1v) is 4.04. The molecule has 0 amide bonds. The molecule has 2 rings (SSSR count). The third kappa shape index (κ3) is 1.23. The van der Waals surface area contributed by atoms with Crippen molar-refractivity contribution < 1.29 is 5.11 Å². The summed E-state index contributed by atoms with van der Waals surface area (Å²) in [5, 5.41) is 8.74. The number of rotatable bonds is 2. The zero-order chi connectivity index (χ0) is 10.1. The van der Waals surface area contributed by atoms with Crippen molar-refractivity contribution in [3.8, 4) is 0 Å². The van der Waals surface area contributed by atoms with Gasteiger partial charge in [-0.25, -0.2) is 4.98 Å². The highest BCUT2D eigenvalue weighted by Crippen LogP contribution is 2.04. The second-order valence-electron chi connectivity index (χ2n) is 2.78. The SMILES string of the molecule is Nc1n[13c]2n[13cH]n(CCO)[13c]2[13c](=O)[nH]1. The number of nitrogens with zero attached hydrogens (tertiary/aromatic N) is 3. The number of H-pyrrole nitrogens is 1. The molecule has 0 aromatic carbocycles. The standard InChI is InChI=1S/C7H9N5O2/c8-7-10-5-4(6(14)11-7)12(1-2-13)3-9-5/h3,13H,1-2H2,(H3,8,10,11,14)/i3+1,4+1,5+1,6+1. The van der Waals surface area contributed by atoms with E-state index >= 15 is 0 Å². The molecule has 0 aliphatic heterocycles. The van der Waals surface area contributed by atoms with E-state index in [0.717, 1.165) is 0 Å². The van der Waals surface area contributed by atoms with Gasteiger partial charge in [-0.2, -0.15) is 4.98 Å². The third-order valence-electron chi connectivity index (χ3n) is 1.84. The average molecular weight is 199 g/mol. The zero-order valence-corrected chi connectivity index (χ0v) is 7.27. The fraction of sp³-hybridized carbons (Fsp3) is 0.286. The van der Waals surface area contributed by atoms with Crippen molar-refractivity contribution in [2.45, 2.75) is 6.54 Å². The molecule has 2 aromatic heterocycles. The predicted octanol–water partition coefficient (Wildman–Crippen LogP) is -1.31. The van der Waals surface area contributed by atoms with Crippen LogP contribution in [-0.2, 0) is 6.54 Å². The number of imidazole rings is 1. The number of nitrogens with two attached hydrogens (primary N) is 1. The molecule has 0 fully saturated rings. The van der Waals surface area contributed by atoms with E-state index in [1.165, 1.54) is 10.9 Å². The quantitative estimate of drug-likeness (QED) is 0.556. The molecule has 0 aliphatic rings. The molecule has 0 bridgehead atoms. The van der Waals surface area contributed by atoms with E-state index in [-0.39, 0.29) is 18.1 Å². The van der Waals surface area contributed by atoms with E-state index in [1.807, 2.05) is 0 Å². The van der Waals surface area contributed by atoms with Crippen molar-refractivity contribution >= 4 is 17.1 Å². The van der Waals surface area contributed by atoms with Gasteiger partial charge in [-0.15, -0.1) is 0 Å². The third-order valence-corrected chi connectivity index (χ3v) is 1.84. The summed E-state index contributed by atoms with van der Waals surface area (Å²) in [6, 6.07) is 0. The highest BCUT2D eigenvalue weighted by Gasteiger charge is 2.08. The highest BCUT2D eigenvalue weighted by atomic mass is 16.3. The first-order chi connectivity index (χ1) is 6.72. The largest absolute Gasteiger partial charge is 0.395 e. The molecule has 7 heteroatoms. The maximum Gasteiger partial charge on any atom is 0.278 e. The Morgan fingerprint density at radius 3 is 3.14 bits per heavy atom. The van der Waals surface area contributed by atoms with E-state index in [2.05, 4.69) is 15.0 Å². The summed E-state index contributed by atoms with van der Waals surface area (Å²) in [5.74, 6) is 0.0387. The van der Waals surface area contributed by atoms with Crippen LogP contribution in [0.2, 0.25) is 0 Å². The smallest absolute Gasteiger partial charge is 0.278 e. The molecule has 74 valence electrons. The minimum absolute atomic E-state index is 0.0387. The second kappa shape index (κ2) is 3.11. The van der Waals surface area contributed by atoms with Gasteiger partial charge in [-0.3, -0.25) is 9.78 Å². The van der Waals surface area contributed by atoms with Gasteiger partial charge in [0.25, 0.3) is 5.56 Å². The molecule has 7 nitrogen and oxygen atoms in total. The van der Waals surface area contributed by atoms with Crippen LogP contribution in [-0.4, -0.2) is 31.2 Å². The fourth-order valence-corrected chi connectivity index (χ4v) is 1.28. The number of anilines is 1. The molecule has 0 saturated heterocycles. The molecule has 0 spiro atoms. The summed E-state index contributed by atoms with van der Waals surface area (Å²) in [7, 11) is 0. The van der Waals surface area contributed by atoms with Gasteiger partial charge >= 0.3 is 0 Å². The van der Waals surface area contributed by atoms with Crippen LogP contribution in [0, 0.1) is 0 Å². The molecule has 0 unspecified atom stereocenters. The number of aliphatic hydroxyl groups excluding tert-OH is 1. The van der Waals surface area contributed by atoms with Crippen molar-refractivity contribution in [2.24, 2.45) is 0 Å². The Morgan fingerprint density at radius 2 is 2.43 bits per heavy atom. The van der Waals surface area contributed by atoms with Crippen molar-refractivity contribution in [1.29, 1.82) is 0 Å².